The summed E-state index contributed by atoms with van der Waals surface area (Å²) in [5.74, 6) is 0.629. The first-order chi connectivity index (χ1) is 13.1. The zero-order valence-corrected chi connectivity index (χ0v) is 15.2. The average molecular weight is 368 g/mol. The molecule has 6 heteroatoms. The van der Waals surface area contributed by atoms with Crippen molar-refractivity contribution in [2.24, 2.45) is 0 Å². The molecule has 0 saturated carbocycles. The van der Waals surface area contributed by atoms with Crippen LogP contribution in [-0.2, 0) is 4.79 Å². The van der Waals surface area contributed by atoms with Gasteiger partial charge in [0, 0.05) is 36.3 Å². The minimum Gasteiger partial charge on any atom is -0.497 e. The summed E-state index contributed by atoms with van der Waals surface area (Å²) in [5, 5.41) is 2.86. The number of carbonyl (C=O) groups excluding carboxylic acids is 1. The lowest BCUT2D eigenvalue weighted by atomic mass is 10.0. The maximum atomic E-state index is 13.7. The first-order valence-corrected chi connectivity index (χ1v) is 8.50. The number of nitrogens with zero attached hydrogens (tertiary/aromatic N) is 1. The normalized spacial score (nSPS) is 11.7. The summed E-state index contributed by atoms with van der Waals surface area (Å²) in [6, 6.07) is 14.9. The fraction of sp³-hybridized carbons (Fsp3) is 0.190. The number of hydrogen-bond acceptors (Lipinski definition) is 3. The first-order valence-electron chi connectivity index (χ1n) is 8.50. The van der Waals surface area contributed by atoms with Gasteiger partial charge in [-0.15, -0.1) is 0 Å². The minimum absolute atomic E-state index is 0.150. The van der Waals surface area contributed by atoms with E-state index >= 15 is 0 Å². The van der Waals surface area contributed by atoms with Gasteiger partial charge >= 0.3 is 0 Å². The molecule has 27 heavy (non-hydrogen) atoms. The Balaban J connectivity index is 1.81. The zero-order valence-electron chi connectivity index (χ0n) is 15.2. The Labute approximate surface area is 157 Å². The topological polar surface area (TPSA) is 52.5 Å². The van der Waals surface area contributed by atoms with Crippen LogP contribution in [0, 0.1) is 5.82 Å². The van der Waals surface area contributed by atoms with E-state index in [0.29, 0.717) is 17.2 Å². The molecule has 140 valence electrons. The molecular weight excluding hydrogens is 347 g/mol. The largest absolute Gasteiger partial charge is 0.497 e. The van der Waals surface area contributed by atoms with Gasteiger partial charge in [-0.25, -0.2) is 4.39 Å². The number of amides is 1. The molecule has 1 heterocycles. The van der Waals surface area contributed by atoms with E-state index in [4.69, 9.17) is 9.47 Å². The Bertz CT molecular complexity index is 887. The van der Waals surface area contributed by atoms with Crippen LogP contribution in [0.2, 0.25) is 0 Å². The molecule has 1 atom stereocenters. The number of hydrogen-bond donors (Lipinski definition) is 1. The van der Waals surface area contributed by atoms with E-state index in [9.17, 15) is 9.18 Å². The Morgan fingerprint density at radius 3 is 2.30 bits per heavy atom. The average Bonchev–Trinajstić information content (AvgIpc) is 3.20. The third-order valence-corrected chi connectivity index (χ3v) is 4.23. The van der Waals surface area contributed by atoms with E-state index in [-0.39, 0.29) is 24.2 Å². The Kier molecular flexibility index (Phi) is 5.76. The standard InChI is InChI=1S/C21H21FN2O3/c1-26-18-11-17(12-19(13-18)27-2)23-21(25)14-20(24-8-3-4-9-24)15-6-5-7-16(22)10-15/h3-13,20H,14H2,1-2H3,(H,23,25). The number of nitrogens with one attached hydrogen (secondary N) is 1. The third kappa shape index (κ3) is 4.67. The number of methoxy groups -OCH3 is 2. The molecule has 1 N–H and O–H groups in total. The van der Waals surface area contributed by atoms with E-state index in [1.807, 2.05) is 35.2 Å². The van der Waals surface area contributed by atoms with Gasteiger partial charge in [0.05, 0.1) is 26.7 Å². The maximum Gasteiger partial charge on any atom is 0.226 e. The predicted molar refractivity (Wildman–Crippen MR) is 102 cm³/mol. The highest BCUT2D eigenvalue weighted by Crippen LogP contribution is 2.27. The lowest BCUT2D eigenvalue weighted by molar-refractivity contribution is -0.116. The summed E-state index contributed by atoms with van der Waals surface area (Å²) in [6.07, 6.45) is 3.87. The van der Waals surface area contributed by atoms with Crippen LogP contribution in [0.3, 0.4) is 0 Å². The molecule has 0 radical (unpaired) electrons. The molecule has 0 aliphatic rings. The van der Waals surface area contributed by atoms with Gasteiger partial charge in [0.25, 0.3) is 0 Å². The van der Waals surface area contributed by atoms with Gasteiger partial charge in [0.1, 0.15) is 17.3 Å². The summed E-state index contributed by atoms with van der Waals surface area (Å²) >= 11 is 0. The second-order valence-corrected chi connectivity index (χ2v) is 6.05. The highest BCUT2D eigenvalue weighted by atomic mass is 19.1. The Morgan fingerprint density at radius 1 is 1.04 bits per heavy atom. The third-order valence-electron chi connectivity index (χ3n) is 4.23. The van der Waals surface area contributed by atoms with E-state index in [1.165, 1.54) is 12.1 Å². The number of anilines is 1. The van der Waals surface area contributed by atoms with E-state index < -0.39 is 0 Å². The molecule has 1 aromatic heterocycles. The molecule has 3 rings (SSSR count). The lowest BCUT2D eigenvalue weighted by Gasteiger charge is -2.19. The molecular formula is C21H21FN2O3. The summed E-state index contributed by atoms with van der Waals surface area (Å²) in [5.41, 5.74) is 1.30. The van der Waals surface area contributed by atoms with Gasteiger partial charge in [0.15, 0.2) is 0 Å². The van der Waals surface area contributed by atoms with Crippen LogP contribution >= 0.6 is 0 Å². The molecule has 2 aromatic carbocycles. The first kappa shape index (κ1) is 18.5. The van der Waals surface area contributed by atoms with Crippen molar-refractivity contribution < 1.29 is 18.7 Å². The summed E-state index contributed by atoms with van der Waals surface area (Å²) in [4.78, 5) is 12.7. The quantitative estimate of drug-likeness (QED) is 0.678. The minimum atomic E-state index is -0.331. The van der Waals surface area contributed by atoms with Gasteiger partial charge in [0.2, 0.25) is 5.91 Å². The molecule has 0 aliphatic heterocycles. The molecule has 3 aromatic rings. The molecule has 0 aliphatic carbocycles. The van der Waals surface area contributed by atoms with Crippen LogP contribution in [0.15, 0.2) is 67.0 Å². The van der Waals surface area contributed by atoms with Crippen LogP contribution in [0.4, 0.5) is 10.1 Å². The van der Waals surface area contributed by atoms with Crippen LogP contribution in [0.5, 0.6) is 11.5 Å². The molecule has 0 spiro atoms. The van der Waals surface area contributed by atoms with Crippen LogP contribution in [0.1, 0.15) is 18.0 Å². The van der Waals surface area contributed by atoms with Crippen molar-refractivity contribution in [3.8, 4) is 11.5 Å². The lowest BCUT2D eigenvalue weighted by Crippen LogP contribution is -2.19. The molecule has 0 saturated heterocycles. The van der Waals surface area contributed by atoms with Crippen molar-refractivity contribution in [2.75, 3.05) is 19.5 Å². The second-order valence-electron chi connectivity index (χ2n) is 6.05. The van der Waals surface area contributed by atoms with Gasteiger partial charge in [-0.3, -0.25) is 4.79 Å². The van der Waals surface area contributed by atoms with Gasteiger partial charge in [-0.05, 0) is 29.8 Å². The van der Waals surface area contributed by atoms with Crippen molar-refractivity contribution in [1.82, 2.24) is 4.57 Å². The van der Waals surface area contributed by atoms with E-state index in [1.54, 1.807) is 38.5 Å². The summed E-state index contributed by atoms with van der Waals surface area (Å²) in [7, 11) is 3.10. The molecule has 1 amide bonds. The molecule has 5 nitrogen and oxygen atoms in total. The Morgan fingerprint density at radius 2 is 1.70 bits per heavy atom. The highest BCUT2D eigenvalue weighted by Gasteiger charge is 2.18. The van der Waals surface area contributed by atoms with Crippen molar-refractivity contribution >= 4 is 11.6 Å². The number of benzene rings is 2. The van der Waals surface area contributed by atoms with Crippen molar-refractivity contribution in [3.05, 3.63) is 78.4 Å². The highest BCUT2D eigenvalue weighted by molar-refractivity contribution is 5.91. The SMILES string of the molecule is COc1cc(NC(=O)CC(c2cccc(F)c2)n2cccc2)cc(OC)c1. The number of aromatic nitrogens is 1. The van der Waals surface area contributed by atoms with Crippen LogP contribution < -0.4 is 14.8 Å². The van der Waals surface area contributed by atoms with Gasteiger partial charge < -0.3 is 19.4 Å². The monoisotopic (exact) mass is 368 g/mol. The maximum absolute atomic E-state index is 13.7. The van der Waals surface area contributed by atoms with Gasteiger partial charge in [-0.2, -0.15) is 0 Å². The molecule has 1 unspecified atom stereocenters. The zero-order chi connectivity index (χ0) is 19.2. The second kappa shape index (κ2) is 8.40. The van der Waals surface area contributed by atoms with Crippen molar-refractivity contribution in [3.63, 3.8) is 0 Å². The number of ether oxygens (including phenoxy) is 2. The fourth-order valence-corrected chi connectivity index (χ4v) is 2.93. The number of rotatable bonds is 7. The van der Waals surface area contributed by atoms with Crippen LogP contribution in [0.25, 0.3) is 0 Å². The number of carbonyl (C=O) groups is 1. The summed E-state index contributed by atoms with van der Waals surface area (Å²) in [6.45, 7) is 0. The smallest absolute Gasteiger partial charge is 0.226 e. The van der Waals surface area contributed by atoms with Crippen LogP contribution in [-0.4, -0.2) is 24.7 Å². The van der Waals surface area contributed by atoms with Crippen molar-refractivity contribution in [1.29, 1.82) is 0 Å². The Hall–Kier alpha value is -3.28. The molecule has 0 fully saturated rings. The van der Waals surface area contributed by atoms with Crippen molar-refractivity contribution in [2.45, 2.75) is 12.5 Å². The van der Waals surface area contributed by atoms with E-state index in [2.05, 4.69) is 5.32 Å². The summed E-state index contributed by atoms with van der Waals surface area (Å²) < 4.78 is 26.0. The predicted octanol–water partition coefficient (Wildman–Crippen LogP) is 4.26. The number of halogens is 1. The molecule has 0 bridgehead atoms. The van der Waals surface area contributed by atoms with E-state index in [0.717, 1.165) is 5.56 Å². The van der Waals surface area contributed by atoms with Gasteiger partial charge in [-0.1, -0.05) is 12.1 Å². The fourth-order valence-electron chi connectivity index (χ4n) is 2.93.